The van der Waals surface area contributed by atoms with Crippen molar-refractivity contribution in [2.45, 2.75) is 20.4 Å². The number of carbonyl (C=O) groups excluding carboxylic acids is 2. The van der Waals surface area contributed by atoms with E-state index in [9.17, 15) is 14.0 Å². The molecule has 0 saturated carbocycles. The average molecular weight is 282 g/mol. The summed E-state index contributed by atoms with van der Waals surface area (Å²) in [6, 6.07) is 6.40. The first-order valence-electron chi connectivity index (χ1n) is 6.49. The number of likely N-dealkylation sites (N-methyl/N-ethyl adjacent to an activating group) is 1. The first kappa shape index (κ1) is 16.1. The van der Waals surface area contributed by atoms with Crippen LogP contribution in [-0.4, -0.2) is 36.6 Å². The van der Waals surface area contributed by atoms with Gasteiger partial charge < -0.3 is 4.74 Å². The van der Waals surface area contributed by atoms with Crippen LogP contribution in [0.15, 0.2) is 24.3 Å². The summed E-state index contributed by atoms with van der Waals surface area (Å²) in [6.45, 7) is 4.58. The van der Waals surface area contributed by atoms with E-state index in [0.717, 1.165) is 0 Å². The van der Waals surface area contributed by atoms with E-state index in [4.69, 9.17) is 0 Å². The fourth-order valence-corrected chi connectivity index (χ4v) is 1.67. The Labute approximate surface area is 117 Å². The molecule has 2 amide bonds. The molecule has 1 rings (SSSR count). The Morgan fingerprint density at radius 2 is 2.00 bits per heavy atom. The van der Waals surface area contributed by atoms with E-state index in [0.29, 0.717) is 18.7 Å². The molecule has 6 heteroatoms. The zero-order chi connectivity index (χ0) is 15.0. The highest BCUT2D eigenvalue weighted by atomic mass is 19.1. The molecular weight excluding hydrogens is 263 g/mol. The van der Waals surface area contributed by atoms with E-state index in [2.05, 4.69) is 10.1 Å². The molecule has 5 nitrogen and oxygen atoms in total. The maximum absolute atomic E-state index is 13.5. The van der Waals surface area contributed by atoms with Crippen molar-refractivity contribution in [1.29, 1.82) is 0 Å². The van der Waals surface area contributed by atoms with Gasteiger partial charge in [-0.2, -0.15) is 0 Å². The molecule has 0 aromatic heterocycles. The molecule has 0 bridgehead atoms. The van der Waals surface area contributed by atoms with Crippen molar-refractivity contribution in [2.24, 2.45) is 0 Å². The van der Waals surface area contributed by atoms with Crippen molar-refractivity contribution in [1.82, 2.24) is 10.2 Å². The summed E-state index contributed by atoms with van der Waals surface area (Å²) in [5.41, 5.74) is 0.512. The first-order chi connectivity index (χ1) is 9.56. The van der Waals surface area contributed by atoms with Gasteiger partial charge in [-0.1, -0.05) is 25.1 Å². The van der Waals surface area contributed by atoms with Gasteiger partial charge in [-0.05, 0) is 19.5 Å². The minimum Gasteiger partial charge on any atom is -0.450 e. The van der Waals surface area contributed by atoms with Gasteiger partial charge in [-0.3, -0.25) is 15.0 Å². The van der Waals surface area contributed by atoms with Crippen LogP contribution in [0.2, 0.25) is 0 Å². The summed E-state index contributed by atoms with van der Waals surface area (Å²) >= 11 is 0. The van der Waals surface area contributed by atoms with Gasteiger partial charge in [0, 0.05) is 12.1 Å². The molecule has 110 valence electrons. The number of carbonyl (C=O) groups is 2. The minimum atomic E-state index is -0.764. The molecule has 0 aliphatic carbocycles. The van der Waals surface area contributed by atoms with E-state index in [-0.39, 0.29) is 19.0 Å². The lowest BCUT2D eigenvalue weighted by Crippen LogP contribution is -2.40. The summed E-state index contributed by atoms with van der Waals surface area (Å²) in [7, 11) is 0. The third-order valence-electron chi connectivity index (χ3n) is 2.68. The normalized spacial score (nSPS) is 10.4. The van der Waals surface area contributed by atoms with Crippen molar-refractivity contribution < 1.29 is 18.7 Å². The second-order valence-electron chi connectivity index (χ2n) is 4.16. The van der Waals surface area contributed by atoms with Crippen LogP contribution < -0.4 is 5.32 Å². The number of alkyl carbamates (subject to hydrolysis) is 1. The van der Waals surface area contributed by atoms with Gasteiger partial charge in [0.2, 0.25) is 5.91 Å². The van der Waals surface area contributed by atoms with Crippen LogP contribution in [0.25, 0.3) is 0 Å². The van der Waals surface area contributed by atoms with E-state index in [1.807, 2.05) is 6.92 Å². The quantitative estimate of drug-likeness (QED) is 0.866. The summed E-state index contributed by atoms with van der Waals surface area (Å²) in [4.78, 5) is 24.5. The number of ether oxygens (including phenoxy) is 1. The molecule has 1 aromatic rings. The van der Waals surface area contributed by atoms with E-state index < -0.39 is 12.0 Å². The number of benzene rings is 1. The maximum Gasteiger partial charge on any atom is 0.413 e. The third-order valence-corrected chi connectivity index (χ3v) is 2.68. The Kier molecular flexibility index (Phi) is 6.66. The van der Waals surface area contributed by atoms with Crippen LogP contribution in [-0.2, 0) is 16.1 Å². The van der Waals surface area contributed by atoms with Crippen LogP contribution in [0.3, 0.4) is 0 Å². The van der Waals surface area contributed by atoms with Crippen molar-refractivity contribution in [3.05, 3.63) is 35.6 Å². The van der Waals surface area contributed by atoms with Crippen molar-refractivity contribution in [2.75, 3.05) is 19.7 Å². The van der Waals surface area contributed by atoms with Gasteiger partial charge in [-0.15, -0.1) is 0 Å². The Hall–Kier alpha value is -1.95. The molecule has 1 aromatic carbocycles. The minimum absolute atomic E-state index is 0.00362. The number of amides is 2. The Balaban J connectivity index is 2.53. The summed E-state index contributed by atoms with van der Waals surface area (Å²) in [6.07, 6.45) is -0.764. The monoisotopic (exact) mass is 282 g/mol. The molecule has 20 heavy (non-hydrogen) atoms. The zero-order valence-corrected chi connectivity index (χ0v) is 11.7. The second kappa shape index (κ2) is 8.27. The van der Waals surface area contributed by atoms with Gasteiger partial charge in [0.1, 0.15) is 5.82 Å². The topological polar surface area (TPSA) is 58.6 Å². The van der Waals surface area contributed by atoms with Crippen LogP contribution in [0.1, 0.15) is 19.4 Å². The molecular formula is C14H19FN2O3. The molecule has 0 heterocycles. The third kappa shape index (κ3) is 5.36. The van der Waals surface area contributed by atoms with Gasteiger partial charge >= 0.3 is 6.09 Å². The summed E-state index contributed by atoms with van der Waals surface area (Å²) < 4.78 is 18.1. The smallest absolute Gasteiger partial charge is 0.413 e. The number of hydrogen-bond donors (Lipinski definition) is 1. The fraction of sp³-hybridized carbons (Fsp3) is 0.429. The molecule has 0 aliphatic heterocycles. The molecule has 0 atom stereocenters. The lowest BCUT2D eigenvalue weighted by atomic mass is 10.2. The zero-order valence-electron chi connectivity index (χ0n) is 11.7. The van der Waals surface area contributed by atoms with E-state index in [1.54, 1.807) is 30.0 Å². The van der Waals surface area contributed by atoms with E-state index in [1.165, 1.54) is 6.07 Å². The molecule has 0 radical (unpaired) electrons. The van der Waals surface area contributed by atoms with E-state index >= 15 is 0 Å². The molecule has 0 fully saturated rings. The molecule has 0 saturated heterocycles. The molecule has 0 aliphatic rings. The number of rotatable bonds is 6. The maximum atomic E-state index is 13.5. The number of nitrogens with zero attached hydrogens (tertiary/aromatic N) is 1. The highest BCUT2D eigenvalue weighted by molar-refractivity contribution is 5.92. The number of halogens is 1. The standard InChI is InChI=1S/C14H19FN2O3/c1-3-17(9-11-7-5-6-8-12(11)15)10-13(18)16-14(19)20-4-2/h5-8H,3-4,9-10H2,1-2H3,(H,16,18,19). The average Bonchev–Trinajstić information content (AvgIpc) is 2.40. The Bertz CT molecular complexity index is 465. The number of hydrogen-bond acceptors (Lipinski definition) is 4. The molecule has 0 unspecified atom stereocenters. The fourth-order valence-electron chi connectivity index (χ4n) is 1.67. The SMILES string of the molecule is CCOC(=O)NC(=O)CN(CC)Cc1ccccc1F. The lowest BCUT2D eigenvalue weighted by molar-refractivity contribution is -0.121. The largest absolute Gasteiger partial charge is 0.450 e. The first-order valence-corrected chi connectivity index (χ1v) is 6.49. The van der Waals surface area contributed by atoms with Gasteiger partial charge in [-0.25, -0.2) is 9.18 Å². The van der Waals surface area contributed by atoms with Gasteiger partial charge in [0.25, 0.3) is 0 Å². The number of imide groups is 1. The van der Waals surface area contributed by atoms with Crippen molar-refractivity contribution in [3.63, 3.8) is 0 Å². The lowest BCUT2D eigenvalue weighted by Gasteiger charge is -2.19. The highest BCUT2D eigenvalue weighted by Gasteiger charge is 2.14. The molecule has 0 spiro atoms. The second-order valence-corrected chi connectivity index (χ2v) is 4.16. The summed E-state index contributed by atoms with van der Waals surface area (Å²) in [5.74, 6) is -0.779. The Morgan fingerprint density at radius 1 is 1.30 bits per heavy atom. The van der Waals surface area contributed by atoms with Crippen molar-refractivity contribution >= 4 is 12.0 Å². The predicted molar refractivity (Wildman–Crippen MR) is 72.5 cm³/mol. The van der Waals surface area contributed by atoms with Crippen molar-refractivity contribution in [3.8, 4) is 0 Å². The molecule has 1 N–H and O–H groups in total. The summed E-state index contributed by atoms with van der Waals surface area (Å²) in [5, 5.41) is 2.11. The predicted octanol–water partition coefficient (Wildman–Crippen LogP) is 1.92. The van der Waals surface area contributed by atoms with Crippen LogP contribution in [0, 0.1) is 5.82 Å². The highest BCUT2D eigenvalue weighted by Crippen LogP contribution is 2.09. The number of nitrogens with one attached hydrogen (secondary N) is 1. The van der Waals surface area contributed by atoms with Crippen LogP contribution >= 0.6 is 0 Å². The Morgan fingerprint density at radius 3 is 2.60 bits per heavy atom. The van der Waals surface area contributed by atoms with Crippen LogP contribution in [0.5, 0.6) is 0 Å². The van der Waals surface area contributed by atoms with Crippen LogP contribution in [0.4, 0.5) is 9.18 Å². The van der Waals surface area contributed by atoms with Gasteiger partial charge in [0.05, 0.1) is 13.2 Å². The van der Waals surface area contributed by atoms with Gasteiger partial charge in [0.15, 0.2) is 0 Å².